The van der Waals surface area contributed by atoms with Gasteiger partial charge in [0.2, 0.25) is 0 Å². The summed E-state index contributed by atoms with van der Waals surface area (Å²) in [5, 5.41) is 0. The molecule has 0 aliphatic rings. The van der Waals surface area contributed by atoms with Crippen molar-refractivity contribution >= 4 is 11.8 Å². The third-order valence-electron chi connectivity index (χ3n) is 2.55. The summed E-state index contributed by atoms with van der Waals surface area (Å²) < 4.78 is 18.6. The molecule has 0 aliphatic carbocycles. The molecule has 2 nitrogen and oxygen atoms in total. The van der Waals surface area contributed by atoms with Gasteiger partial charge in [-0.1, -0.05) is 18.2 Å². The fourth-order valence-corrected chi connectivity index (χ4v) is 2.41. The lowest BCUT2D eigenvalue weighted by Crippen LogP contribution is -2.01. The zero-order chi connectivity index (χ0) is 13.5. The maximum absolute atomic E-state index is 13.0. The van der Waals surface area contributed by atoms with Gasteiger partial charge in [-0.2, -0.15) is 0 Å². The van der Waals surface area contributed by atoms with Crippen LogP contribution in [0, 0.1) is 5.82 Å². The molecule has 0 saturated carbocycles. The van der Waals surface area contributed by atoms with Crippen LogP contribution in [0.4, 0.5) is 4.39 Å². The van der Waals surface area contributed by atoms with E-state index < -0.39 is 0 Å². The number of halogens is 1. The predicted octanol–water partition coefficient (Wildman–Crippen LogP) is 3.46. The highest BCUT2D eigenvalue weighted by atomic mass is 32.2. The molecule has 4 heteroatoms. The lowest BCUT2D eigenvalue weighted by atomic mass is 10.2. The summed E-state index contributed by atoms with van der Waals surface area (Å²) in [5.74, 6) is 1.39. The Morgan fingerprint density at radius 3 is 2.74 bits per heavy atom. The van der Waals surface area contributed by atoms with Crippen molar-refractivity contribution in [3.05, 3.63) is 59.9 Å². The van der Waals surface area contributed by atoms with E-state index in [2.05, 4.69) is 0 Å². The number of ether oxygens (including phenoxy) is 1. The number of benzene rings is 2. The second-order valence-corrected chi connectivity index (χ2v) is 5.17. The molecule has 2 aromatic rings. The molecule has 0 atom stereocenters. The van der Waals surface area contributed by atoms with E-state index >= 15 is 0 Å². The minimum atomic E-state index is -0.207. The second kappa shape index (κ2) is 7.16. The van der Waals surface area contributed by atoms with Gasteiger partial charge < -0.3 is 10.5 Å². The Hall–Kier alpha value is -1.52. The van der Waals surface area contributed by atoms with Crippen LogP contribution in [-0.2, 0) is 6.54 Å². The van der Waals surface area contributed by atoms with Gasteiger partial charge in [0.1, 0.15) is 11.6 Å². The van der Waals surface area contributed by atoms with Crippen molar-refractivity contribution in [2.24, 2.45) is 5.73 Å². The fourth-order valence-electron chi connectivity index (χ4n) is 1.64. The van der Waals surface area contributed by atoms with Gasteiger partial charge in [0.05, 0.1) is 6.61 Å². The van der Waals surface area contributed by atoms with Crippen molar-refractivity contribution in [3.63, 3.8) is 0 Å². The highest BCUT2D eigenvalue weighted by Gasteiger charge is 1.98. The quantitative estimate of drug-likeness (QED) is 0.649. The third-order valence-corrected chi connectivity index (χ3v) is 3.51. The summed E-state index contributed by atoms with van der Waals surface area (Å²) in [6.45, 7) is 1.09. The van der Waals surface area contributed by atoms with Gasteiger partial charge in [-0.3, -0.25) is 0 Å². The van der Waals surface area contributed by atoms with Crippen LogP contribution >= 0.6 is 11.8 Å². The maximum atomic E-state index is 13.0. The summed E-state index contributed by atoms with van der Waals surface area (Å²) in [6.07, 6.45) is 0. The molecular formula is C15H16FNOS. The van der Waals surface area contributed by atoms with Crippen LogP contribution in [0.15, 0.2) is 53.4 Å². The lowest BCUT2D eigenvalue weighted by molar-refractivity contribution is 0.343. The first-order chi connectivity index (χ1) is 9.28. The minimum absolute atomic E-state index is 0.207. The van der Waals surface area contributed by atoms with Crippen LogP contribution in [0.3, 0.4) is 0 Å². The number of hydrogen-bond acceptors (Lipinski definition) is 3. The van der Waals surface area contributed by atoms with Gasteiger partial charge in [-0.25, -0.2) is 4.39 Å². The first-order valence-electron chi connectivity index (χ1n) is 6.08. The van der Waals surface area contributed by atoms with E-state index in [1.807, 2.05) is 30.3 Å². The molecule has 2 N–H and O–H groups in total. The summed E-state index contributed by atoms with van der Waals surface area (Å²) >= 11 is 1.57. The molecule has 0 bridgehead atoms. The average molecular weight is 277 g/mol. The Morgan fingerprint density at radius 1 is 1.11 bits per heavy atom. The van der Waals surface area contributed by atoms with E-state index in [1.54, 1.807) is 17.8 Å². The van der Waals surface area contributed by atoms with Gasteiger partial charge in [-0.05, 0) is 35.9 Å². The molecule has 0 saturated heterocycles. The van der Waals surface area contributed by atoms with E-state index in [4.69, 9.17) is 10.5 Å². The summed E-state index contributed by atoms with van der Waals surface area (Å²) in [4.78, 5) is 0.916. The molecule has 0 fully saturated rings. The van der Waals surface area contributed by atoms with Crippen LogP contribution in [0.5, 0.6) is 5.75 Å². The highest BCUT2D eigenvalue weighted by molar-refractivity contribution is 7.99. The molecule has 2 rings (SSSR count). The molecule has 0 aliphatic heterocycles. The Kier molecular flexibility index (Phi) is 5.24. The summed E-state index contributed by atoms with van der Waals surface area (Å²) in [5.41, 5.74) is 6.62. The van der Waals surface area contributed by atoms with E-state index in [0.29, 0.717) is 13.2 Å². The van der Waals surface area contributed by atoms with Crippen LogP contribution in [0.2, 0.25) is 0 Å². The number of hydrogen-bond donors (Lipinski definition) is 1. The van der Waals surface area contributed by atoms with Crippen molar-refractivity contribution in [2.75, 3.05) is 12.4 Å². The molecule has 100 valence electrons. The molecule has 0 unspecified atom stereocenters. The summed E-state index contributed by atoms with van der Waals surface area (Å²) in [6, 6.07) is 14.3. The average Bonchev–Trinajstić information content (AvgIpc) is 2.44. The zero-order valence-electron chi connectivity index (χ0n) is 10.5. The molecule has 19 heavy (non-hydrogen) atoms. The molecule has 0 aromatic heterocycles. The van der Waals surface area contributed by atoms with Gasteiger partial charge in [0.25, 0.3) is 0 Å². The first-order valence-corrected chi connectivity index (χ1v) is 7.06. The van der Waals surface area contributed by atoms with Crippen molar-refractivity contribution in [1.29, 1.82) is 0 Å². The van der Waals surface area contributed by atoms with Gasteiger partial charge in [0.15, 0.2) is 0 Å². The smallest absolute Gasteiger partial charge is 0.124 e. The first kappa shape index (κ1) is 13.9. The SMILES string of the molecule is NCc1cccc(OCCSc2cccc(F)c2)c1. The van der Waals surface area contributed by atoms with E-state index in [0.717, 1.165) is 22.0 Å². The predicted molar refractivity (Wildman–Crippen MR) is 77.0 cm³/mol. The van der Waals surface area contributed by atoms with E-state index in [-0.39, 0.29) is 5.82 Å². The van der Waals surface area contributed by atoms with E-state index in [1.165, 1.54) is 12.1 Å². The number of thioether (sulfide) groups is 1. The van der Waals surface area contributed by atoms with Crippen LogP contribution in [0.1, 0.15) is 5.56 Å². The molecule has 2 aromatic carbocycles. The number of rotatable bonds is 6. The van der Waals surface area contributed by atoms with Crippen molar-refractivity contribution in [3.8, 4) is 5.75 Å². The van der Waals surface area contributed by atoms with E-state index in [9.17, 15) is 4.39 Å². The fraction of sp³-hybridized carbons (Fsp3) is 0.200. The monoisotopic (exact) mass is 277 g/mol. The normalized spacial score (nSPS) is 10.4. The van der Waals surface area contributed by atoms with Crippen molar-refractivity contribution in [2.45, 2.75) is 11.4 Å². The number of nitrogens with two attached hydrogens (primary N) is 1. The summed E-state index contributed by atoms with van der Waals surface area (Å²) in [7, 11) is 0. The Morgan fingerprint density at radius 2 is 1.95 bits per heavy atom. The molecule has 0 amide bonds. The maximum Gasteiger partial charge on any atom is 0.124 e. The van der Waals surface area contributed by atoms with Crippen LogP contribution in [-0.4, -0.2) is 12.4 Å². The van der Waals surface area contributed by atoms with Crippen molar-refractivity contribution in [1.82, 2.24) is 0 Å². The van der Waals surface area contributed by atoms with Gasteiger partial charge in [0, 0.05) is 17.2 Å². The molecule has 0 heterocycles. The molecule has 0 radical (unpaired) electrons. The largest absolute Gasteiger partial charge is 0.493 e. The van der Waals surface area contributed by atoms with Gasteiger partial charge >= 0.3 is 0 Å². The zero-order valence-corrected chi connectivity index (χ0v) is 11.3. The lowest BCUT2D eigenvalue weighted by Gasteiger charge is -2.07. The highest BCUT2D eigenvalue weighted by Crippen LogP contribution is 2.19. The topological polar surface area (TPSA) is 35.2 Å². The standard InChI is InChI=1S/C15H16FNOS/c16-13-4-2-6-15(10-13)19-8-7-18-14-5-1-3-12(9-14)11-17/h1-6,9-10H,7-8,11,17H2. The van der Waals surface area contributed by atoms with Crippen LogP contribution in [0.25, 0.3) is 0 Å². The minimum Gasteiger partial charge on any atom is -0.493 e. The van der Waals surface area contributed by atoms with Crippen molar-refractivity contribution < 1.29 is 9.13 Å². The molecule has 0 spiro atoms. The second-order valence-electron chi connectivity index (χ2n) is 4.01. The Balaban J connectivity index is 1.77. The molecular weight excluding hydrogens is 261 g/mol. The Labute approximate surface area is 116 Å². The van der Waals surface area contributed by atoms with Crippen LogP contribution < -0.4 is 10.5 Å². The third kappa shape index (κ3) is 4.58. The Bertz CT molecular complexity index is 533. The van der Waals surface area contributed by atoms with Gasteiger partial charge in [-0.15, -0.1) is 11.8 Å².